The molecule has 0 radical (unpaired) electrons. The van der Waals surface area contributed by atoms with Crippen molar-refractivity contribution in [2.75, 3.05) is 38.2 Å². The average molecular weight is 240 g/mol. The number of piperazine rings is 1. The molecule has 1 fully saturated rings. The van der Waals surface area contributed by atoms with Crippen LogP contribution in [-0.2, 0) is 0 Å². The fraction of sp³-hybridized carbons (Fsp3) is 0.545. The molecule has 1 saturated heterocycles. The summed E-state index contributed by atoms with van der Waals surface area (Å²) in [5.41, 5.74) is 1.08. The molecule has 0 N–H and O–H groups in total. The predicted octanol–water partition coefficient (Wildman–Crippen LogP) is 1.25. The maximum absolute atomic E-state index is 5.86. The van der Waals surface area contributed by atoms with Gasteiger partial charge in [-0.1, -0.05) is 11.6 Å². The van der Waals surface area contributed by atoms with E-state index in [0.717, 1.165) is 25.3 Å². The van der Waals surface area contributed by atoms with E-state index in [9.17, 15) is 0 Å². The summed E-state index contributed by atoms with van der Waals surface area (Å²) in [5.74, 6) is 0.674. The van der Waals surface area contributed by atoms with Crippen molar-refractivity contribution in [2.45, 2.75) is 6.04 Å². The van der Waals surface area contributed by atoms with Gasteiger partial charge in [0.25, 0.3) is 0 Å². The standard InChI is InChI=1S/C11H14ClN3O/c1-14-4-5-15-8(6-14)7-16-11-9(15)2-3-10(12)13-11/h2-3,8H,4-7H2,1H3. The number of ether oxygens (including phenoxy) is 1. The summed E-state index contributed by atoms with van der Waals surface area (Å²) in [7, 11) is 2.15. The number of halogens is 1. The van der Waals surface area contributed by atoms with Crippen LogP contribution < -0.4 is 9.64 Å². The Morgan fingerprint density at radius 1 is 1.44 bits per heavy atom. The lowest BCUT2D eigenvalue weighted by atomic mass is 10.1. The van der Waals surface area contributed by atoms with Crippen molar-refractivity contribution in [3.63, 3.8) is 0 Å². The quantitative estimate of drug-likeness (QED) is 0.637. The molecule has 4 nitrogen and oxygen atoms in total. The number of aromatic nitrogens is 1. The largest absolute Gasteiger partial charge is 0.474 e. The maximum Gasteiger partial charge on any atom is 0.239 e. The highest BCUT2D eigenvalue weighted by Crippen LogP contribution is 2.34. The fourth-order valence-electron chi connectivity index (χ4n) is 2.38. The number of hydrogen-bond donors (Lipinski definition) is 0. The molecule has 0 amide bonds. The first-order valence-corrected chi connectivity index (χ1v) is 5.86. The van der Waals surface area contributed by atoms with Gasteiger partial charge in [0.2, 0.25) is 5.88 Å². The Labute approximate surface area is 99.8 Å². The molecule has 0 aliphatic carbocycles. The maximum atomic E-state index is 5.86. The van der Waals surface area contributed by atoms with Crippen LogP contribution in [0, 0.1) is 0 Å². The van der Waals surface area contributed by atoms with Crippen LogP contribution in [0.4, 0.5) is 5.69 Å². The molecular weight excluding hydrogens is 226 g/mol. The van der Waals surface area contributed by atoms with Crippen molar-refractivity contribution in [3.8, 4) is 5.88 Å². The van der Waals surface area contributed by atoms with Crippen molar-refractivity contribution >= 4 is 17.3 Å². The van der Waals surface area contributed by atoms with Crippen LogP contribution in [0.1, 0.15) is 0 Å². The van der Waals surface area contributed by atoms with E-state index in [1.165, 1.54) is 0 Å². The number of hydrogen-bond acceptors (Lipinski definition) is 4. The van der Waals surface area contributed by atoms with Crippen LogP contribution in [0.25, 0.3) is 0 Å². The Kier molecular flexibility index (Phi) is 2.41. The molecule has 0 aromatic carbocycles. The molecule has 86 valence electrons. The van der Waals surface area contributed by atoms with E-state index in [0.29, 0.717) is 23.7 Å². The fourth-order valence-corrected chi connectivity index (χ4v) is 2.52. The van der Waals surface area contributed by atoms with E-state index in [-0.39, 0.29) is 0 Å². The zero-order chi connectivity index (χ0) is 11.1. The Morgan fingerprint density at radius 2 is 2.31 bits per heavy atom. The van der Waals surface area contributed by atoms with E-state index in [1.54, 1.807) is 0 Å². The van der Waals surface area contributed by atoms with Gasteiger partial charge in [-0.05, 0) is 19.2 Å². The number of likely N-dealkylation sites (N-methyl/N-ethyl adjacent to an activating group) is 1. The van der Waals surface area contributed by atoms with Crippen LogP contribution in [0.15, 0.2) is 12.1 Å². The summed E-state index contributed by atoms with van der Waals surface area (Å²) < 4.78 is 5.66. The molecule has 1 unspecified atom stereocenters. The third-order valence-electron chi connectivity index (χ3n) is 3.21. The average Bonchev–Trinajstić information content (AvgIpc) is 2.28. The van der Waals surface area contributed by atoms with Crippen LogP contribution in [0.2, 0.25) is 5.15 Å². The Balaban J connectivity index is 1.94. The zero-order valence-corrected chi connectivity index (χ0v) is 9.94. The molecule has 1 aromatic rings. The minimum Gasteiger partial charge on any atom is -0.474 e. The van der Waals surface area contributed by atoms with Gasteiger partial charge in [-0.25, -0.2) is 0 Å². The van der Waals surface area contributed by atoms with Gasteiger partial charge in [0.15, 0.2) is 0 Å². The van der Waals surface area contributed by atoms with Gasteiger partial charge in [-0.15, -0.1) is 0 Å². The molecule has 3 heterocycles. The molecular formula is C11H14ClN3O. The Bertz CT molecular complexity index is 412. The third kappa shape index (κ3) is 1.62. The minimum absolute atomic E-state index is 0.439. The number of nitrogens with zero attached hydrogens (tertiary/aromatic N) is 3. The van der Waals surface area contributed by atoms with Crippen LogP contribution in [0.3, 0.4) is 0 Å². The molecule has 16 heavy (non-hydrogen) atoms. The summed E-state index contributed by atoms with van der Waals surface area (Å²) in [4.78, 5) is 8.92. The number of rotatable bonds is 0. The second-order valence-corrected chi connectivity index (χ2v) is 4.77. The minimum atomic E-state index is 0.439. The summed E-state index contributed by atoms with van der Waals surface area (Å²) in [6, 6.07) is 4.27. The summed E-state index contributed by atoms with van der Waals surface area (Å²) in [6.07, 6.45) is 0. The number of fused-ring (bicyclic) bond motifs is 3. The predicted molar refractivity (Wildman–Crippen MR) is 63.4 cm³/mol. The molecule has 0 bridgehead atoms. The Morgan fingerprint density at radius 3 is 3.19 bits per heavy atom. The summed E-state index contributed by atoms with van der Waals surface area (Å²) in [6.45, 7) is 3.85. The first kappa shape index (κ1) is 10.2. The lowest BCUT2D eigenvalue weighted by molar-refractivity contribution is 0.183. The molecule has 1 atom stereocenters. The van der Waals surface area contributed by atoms with Gasteiger partial charge in [0.1, 0.15) is 17.4 Å². The van der Waals surface area contributed by atoms with Crippen LogP contribution in [-0.4, -0.2) is 49.2 Å². The lowest BCUT2D eigenvalue weighted by Gasteiger charge is -2.44. The van der Waals surface area contributed by atoms with Gasteiger partial charge in [0, 0.05) is 19.6 Å². The first-order chi connectivity index (χ1) is 7.74. The van der Waals surface area contributed by atoms with Gasteiger partial charge >= 0.3 is 0 Å². The van der Waals surface area contributed by atoms with Crippen LogP contribution in [0.5, 0.6) is 5.88 Å². The second kappa shape index (κ2) is 3.79. The first-order valence-electron chi connectivity index (χ1n) is 5.48. The summed E-state index contributed by atoms with van der Waals surface area (Å²) in [5, 5.41) is 0.492. The monoisotopic (exact) mass is 239 g/mol. The van der Waals surface area contributed by atoms with Crippen LogP contribution >= 0.6 is 11.6 Å². The lowest BCUT2D eigenvalue weighted by Crippen LogP contribution is -2.56. The second-order valence-electron chi connectivity index (χ2n) is 4.38. The summed E-state index contributed by atoms with van der Waals surface area (Å²) >= 11 is 5.86. The van der Waals surface area contributed by atoms with E-state index < -0.39 is 0 Å². The number of anilines is 1. The molecule has 0 spiro atoms. The smallest absolute Gasteiger partial charge is 0.239 e. The third-order valence-corrected chi connectivity index (χ3v) is 3.42. The highest BCUT2D eigenvalue weighted by Gasteiger charge is 2.32. The number of pyridine rings is 1. The molecule has 3 rings (SSSR count). The highest BCUT2D eigenvalue weighted by atomic mass is 35.5. The molecule has 5 heteroatoms. The molecule has 2 aliphatic heterocycles. The van der Waals surface area contributed by atoms with E-state index in [2.05, 4.69) is 21.8 Å². The van der Waals surface area contributed by atoms with Gasteiger partial charge in [0.05, 0.1) is 6.04 Å². The normalized spacial score (nSPS) is 24.6. The van der Waals surface area contributed by atoms with Gasteiger partial charge < -0.3 is 14.5 Å². The van der Waals surface area contributed by atoms with E-state index >= 15 is 0 Å². The van der Waals surface area contributed by atoms with Crippen molar-refractivity contribution in [1.29, 1.82) is 0 Å². The zero-order valence-electron chi connectivity index (χ0n) is 9.19. The topological polar surface area (TPSA) is 28.6 Å². The Hall–Kier alpha value is -1.00. The molecule has 0 saturated carbocycles. The van der Waals surface area contributed by atoms with Crippen molar-refractivity contribution in [2.24, 2.45) is 0 Å². The molecule has 1 aromatic heterocycles. The highest BCUT2D eigenvalue weighted by molar-refractivity contribution is 6.29. The van der Waals surface area contributed by atoms with E-state index in [1.807, 2.05) is 12.1 Å². The molecule has 2 aliphatic rings. The van der Waals surface area contributed by atoms with E-state index in [4.69, 9.17) is 16.3 Å². The van der Waals surface area contributed by atoms with Crippen molar-refractivity contribution in [1.82, 2.24) is 9.88 Å². The SMILES string of the molecule is CN1CCN2c3ccc(Cl)nc3OCC2C1. The van der Waals surface area contributed by atoms with Gasteiger partial charge in [-0.3, -0.25) is 0 Å². The van der Waals surface area contributed by atoms with Gasteiger partial charge in [-0.2, -0.15) is 4.98 Å². The van der Waals surface area contributed by atoms with Crippen molar-refractivity contribution in [3.05, 3.63) is 17.3 Å². The van der Waals surface area contributed by atoms with Crippen molar-refractivity contribution < 1.29 is 4.74 Å².